The Morgan fingerprint density at radius 1 is 1.75 bits per heavy atom. The Hall–Kier alpha value is -1.92. The minimum absolute atomic E-state index is 0.101. The van der Waals surface area contributed by atoms with Gasteiger partial charge in [-0.2, -0.15) is 5.10 Å². The standard InChI is InChI=1S/C9H13N3O4/c1-4-16-9(13)7(3)11-6(2)8(5-10-11)12(14)15/h5,7H,4H2,1-3H3. The molecule has 0 aliphatic carbocycles. The monoisotopic (exact) mass is 227 g/mol. The normalized spacial score (nSPS) is 12.2. The second-order valence-corrected chi connectivity index (χ2v) is 3.24. The van der Waals surface area contributed by atoms with Gasteiger partial charge in [0, 0.05) is 0 Å². The van der Waals surface area contributed by atoms with Crippen LogP contribution in [0.4, 0.5) is 5.69 Å². The van der Waals surface area contributed by atoms with Crippen molar-refractivity contribution < 1.29 is 14.5 Å². The Balaban J connectivity index is 2.96. The zero-order valence-electron chi connectivity index (χ0n) is 9.34. The van der Waals surface area contributed by atoms with E-state index in [2.05, 4.69) is 5.10 Å². The average Bonchev–Trinajstić information content (AvgIpc) is 2.59. The largest absolute Gasteiger partial charge is 0.464 e. The van der Waals surface area contributed by atoms with E-state index in [1.165, 1.54) is 4.68 Å². The zero-order chi connectivity index (χ0) is 12.3. The summed E-state index contributed by atoms with van der Waals surface area (Å²) >= 11 is 0. The van der Waals surface area contributed by atoms with E-state index in [0.29, 0.717) is 5.69 Å². The Morgan fingerprint density at radius 3 is 2.81 bits per heavy atom. The molecule has 7 nitrogen and oxygen atoms in total. The first kappa shape index (κ1) is 12.2. The number of nitro groups is 1. The van der Waals surface area contributed by atoms with E-state index in [4.69, 9.17) is 4.74 Å². The molecule has 1 rings (SSSR count). The van der Waals surface area contributed by atoms with Gasteiger partial charge in [0.15, 0.2) is 0 Å². The number of hydrogen-bond acceptors (Lipinski definition) is 5. The van der Waals surface area contributed by atoms with Gasteiger partial charge in [-0.25, -0.2) is 9.48 Å². The Labute approximate surface area is 92.2 Å². The Kier molecular flexibility index (Phi) is 3.60. The van der Waals surface area contributed by atoms with Crippen molar-refractivity contribution >= 4 is 11.7 Å². The minimum atomic E-state index is -0.659. The first-order valence-electron chi connectivity index (χ1n) is 4.84. The number of rotatable bonds is 4. The third-order valence-electron chi connectivity index (χ3n) is 2.21. The van der Waals surface area contributed by atoms with Crippen LogP contribution < -0.4 is 0 Å². The van der Waals surface area contributed by atoms with Crippen LogP contribution in [0.1, 0.15) is 25.6 Å². The van der Waals surface area contributed by atoms with Gasteiger partial charge in [-0.15, -0.1) is 0 Å². The molecule has 0 saturated heterocycles. The molecule has 0 fully saturated rings. The van der Waals surface area contributed by atoms with Gasteiger partial charge in [-0.3, -0.25) is 10.1 Å². The topological polar surface area (TPSA) is 87.3 Å². The second kappa shape index (κ2) is 4.73. The quantitative estimate of drug-likeness (QED) is 0.438. The van der Waals surface area contributed by atoms with E-state index in [1.807, 2.05) is 0 Å². The molecule has 1 aromatic heterocycles. The van der Waals surface area contributed by atoms with Crippen LogP contribution in [0.3, 0.4) is 0 Å². The van der Waals surface area contributed by atoms with Gasteiger partial charge >= 0.3 is 11.7 Å². The number of aromatic nitrogens is 2. The molecule has 1 unspecified atom stereocenters. The lowest BCUT2D eigenvalue weighted by Gasteiger charge is -2.11. The van der Waals surface area contributed by atoms with Crippen LogP contribution in [-0.4, -0.2) is 27.3 Å². The molecule has 0 bridgehead atoms. The maximum Gasteiger partial charge on any atom is 0.330 e. The highest BCUT2D eigenvalue weighted by molar-refractivity contribution is 5.73. The van der Waals surface area contributed by atoms with E-state index < -0.39 is 16.9 Å². The molecule has 0 spiro atoms. The van der Waals surface area contributed by atoms with Crippen LogP contribution in [-0.2, 0) is 9.53 Å². The van der Waals surface area contributed by atoms with Crippen molar-refractivity contribution in [3.63, 3.8) is 0 Å². The maximum absolute atomic E-state index is 11.4. The van der Waals surface area contributed by atoms with Crippen molar-refractivity contribution in [2.24, 2.45) is 0 Å². The summed E-state index contributed by atoms with van der Waals surface area (Å²) in [6.45, 7) is 5.09. The van der Waals surface area contributed by atoms with Crippen molar-refractivity contribution in [3.05, 3.63) is 22.0 Å². The fraction of sp³-hybridized carbons (Fsp3) is 0.556. The minimum Gasteiger partial charge on any atom is -0.464 e. The highest BCUT2D eigenvalue weighted by Crippen LogP contribution is 2.20. The Bertz CT molecular complexity index is 413. The fourth-order valence-corrected chi connectivity index (χ4v) is 1.35. The number of carbonyl (C=O) groups excluding carboxylic acids is 1. The summed E-state index contributed by atoms with van der Waals surface area (Å²) in [6, 6.07) is -0.659. The van der Waals surface area contributed by atoms with Gasteiger partial charge in [0.05, 0.1) is 11.5 Å². The molecule has 0 N–H and O–H groups in total. The molecule has 16 heavy (non-hydrogen) atoms. The van der Waals surface area contributed by atoms with E-state index in [1.54, 1.807) is 20.8 Å². The van der Waals surface area contributed by atoms with Crippen molar-refractivity contribution in [1.82, 2.24) is 9.78 Å². The van der Waals surface area contributed by atoms with Crippen LogP contribution >= 0.6 is 0 Å². The third-order valence-corrected chi connectivity index (χ3v) is 2.21. The summed E-state index contributed by atoms with van der Waals surface area (Å²) in [5.74, 6) is -0.455. The molecule has 0 radical (unpaired) electrons. The van der Waals surface area contributed by atoms with Gasteiger partial charge in [0.25, 0.3) is 0 Å². The molecular weight excluding hydrogens is 214 g/mol. The second-order valence-electron chi connectivity index (χ2n) is 3.24. The van der Waals surface area contributed by atoms with Crippen LogP contribution in [0.15, 0.2) is 6.20 Å². The van der Waals surface area contributed by atoms with Gasteiger partial charge in [-0.1, -0.05) is 0 Å². The molecular formula is C9H13N3O4. The molecule has 0 amide bonds. The fourth-order valence-electron chi connectivity index (χ4n) is 1.35. The van der Waals surface area contributed by atoms with Crippen molar-refractivity contribution in [3.8, 4) is 0 Å². The molecule has 7 heteroatoms. The van der Waals surface area contributed by atoms with Gasteiger partial charge < -0.3 is 4.74 Å². The number of carbonyl (C=O) groups is 1. The molecule has 1 atom stereocenters. The molecule has 1 aromatic rings. The van der Waals surface area contributed by atoms with Crippen molar-refractivity contribution in [1.29, 1.82) is 0 Å². The summed E-state index contributed by atoms with van der Waals surface area (Å²) in [7, 11) is 0. The molecule has 0 aliphatic rings. The zero-order valence-corrected chi connectivity index (χ0v) is 9.34. The molecule has 1 heterocycles. The van der Waals surface area contributed by atoms with E-state index in [9.17, 15) is 14.9 Å². The average molecular weight is 227 g/mol. The van der Waals surface area contributed by atoms with Crippen LogP contribution in [0.5, 0.6) is 0 Å². The smallest absolute Gasteiger partial charge is 0.330 e. The summed E-state index contributed by atoms with van der Waals surface area (Å²) in [4.78, 5) is 21.5. The lowest BCUT2D eigenvalue weighted by molar-refractivity contribution is -0.385. The highest BCUT2D eigenvalue weighted by Gasteiger charge is 2.24. The van der Waals surface area contributed by atoms with Crippen LogP contribution in [0.25, 0.3) is 0 Å². The molecule has 88 valence electrons. The first-order chi connectivity index (χ1) is 7.49. The summed E-state index contributed by atoms with van der Waals surface area (Å²) in [5, 5.41) is 14.4. The van der Waals surface area contributed by atoms with Gasteiger partial charge in [0.2, 0.25) is 0 Å². The summed E-state index contributed by atoms with van der Waals surface area (Å²) in [6.07, 6.45) is 1.13. The predicted molar refractivity (Wildman–Crippen MR) is 55.0 cm³/mol. The molecule has 0 saturated carbocycles. The van der Waals surface area contributed by atoms with E-state index in [-0.39, 0.29) is 12.3 Å². The summed E-state index contributed by atoms with van der Waals surface area (Å²) in [5.41, 5.74) is 0.238. The molecule has 0 aromatic carbocycles. The summed E-state index contributed by atoms with van der Waals surface area (Å²) < 4.78 is 6.10. The van der Waals surface area contributed by atoms with Crippen LogP contribution in [0.2, 0.25) is 0 Å². The third kappa shape index (κ3) is 2.18. The number of nitrogens with zero attached hydrogens (tertiary/aromatic N) is 3. The van der Waals surface area contributed by atoms with Crippen molar-refractivity contribution in [2.45, 2.75) is 26.8 Å². The van der Waals surface area contributed by atoms with Gasteiger partial charge in [-0.05, 0) is 20.8 Å². The van der Waals surface area contributed by atoms with Crippen molar-refractivity contribution in [2.75, 3.05) is 6.61 Å². The number of hydrogen-bond donors (Lipinski definition) is 0. The number of esters is 1. The SMILES string of the molecule is CCOC(=O)C(C)n1ncc([N+](=O)[O-])c1C. The maximum atomic E-state index is 11.4. The lowest BCUT2D eigenvalue weighted by Crippen LogP contribution is -2.21. The first-order valence-corrected chi connectivity index (χ1v) is 4.84. The molecule has 0 aliphatic heterocycles. The van der Waals surface area contributed by atoms with E-state index in [0.717, 1.165) is 6.20 Å². The van der Waals surface area contributed by atoms with Crippen LogP contribution in [0, 0.1) is 17.0 Å². The van der Waals surface area contributed by atoms with E-state index >= 15 is 0 Å². The highest BCUT2D eigenvalue weighted by atomic mass is 16.6. The number of ether oxygens (including phenoxy) is 1. The van der Waals surface area contributed by atoms with Gasteiger partial charge in [0.1, 0.15) is 17.9 Å². The Morgan fingerprint density at radius 2 is 2.38 bits per heavy atom. The lowest BCUT2D eigenvalue weighted by atomic mass is 10.3. The predicted octanol–water partition coefficient (Wildman–Crippen LogP) is 1.22.